The fourth-order valence-electron chi connectivity index (χ4n) is 1.71. The Morgan fingerprint density at radius 1 is 1.56 bits per heavy atom. The molecule has 96 valence electrons. The van der Waals surface area contributed by atoms with Crippen molar-refractivity contribution in [3.8, 4) is 0 Å². The summed E-state index contributed by atoms with van der Waals surface area (Å²) >= 11 is 5.56. The van der Waals surface area contributed by atoms with Gasteiger partial charge < -0.3 is 15.7 Å². The molecule has 0 radical (unpaired) electrons. The van der Waals surface area contributed by atoms with E-state index in [4.69, 9.17) is 11.6 Å². The summed E-state index contributed by atoms with van der Waals surface area (Å²) in [5, 5.41) is 13.9. The van der Waals surface area contributed by atoms with Gasteiger partial charge >= 0.3 is 0 Å². The van der Waals surface area contributed by atoms with Crippen LogP contribution in [0.2, 0.25) is 5.02 Å². The maximum atomic E-state index is 13.5. The molecule has 2 rings (SSSR count). The van der Waals surface area contributed by atoms with E-state index in [0.29, 0.717) is 0 Å². The van der Waals surface area contributed by atoms with Crippen LogP contribution in [0.15, 0.2) is 18.2 Å². The third-order valence-electron chi connectivity index (χ3n) is 2.64. The fourth-order valence-corrected chi connectivity index (χ4v) is 1.89. The number of benzene rings is 1. The van der Waals surface area contributed by atoms with Crippen molar-refractivity contribution in [1.29, 1.82) is 0 Å². The monoisotopic (exact) mass is 272 g/mol. The molecule has 2 amide bonds. The Kier molecular flexibility index (Phi) is 3.49. The van der Waals surface area contributed by atoms with Crippen molar-refractivity contribution in [3.05, 3.63) is 29.0 Å². The number of carbonyl (C=O) groups excluding carboxylic acids is 2. The van der Waals surface area contributed by atoms with E-state index >= 15 is 0 Å². The van der Waals surface area contributed by atoms with E-state index in [0.717, 1.165) is 0 Å². The first-order chi connectivity index (χ1) is 8.50. The molecule has 7 heteroatoms. The lowest BCUT2D eigenvalue weighted by atomic mass is 10.0. The SMILES string of the molecule is O=C1NCC(O)C1C(=O)Nc1cccc(Cl)c1F. The van der Waals surface area contributed by atoms with Crippen LogP contribution in [-0.2, 0) is 9.59 Å². The van der Waals surface area contributed by atoms with Crippen molar-refractivity contribution in [2.45, 2.75) is 6.10 Å². The first-order valence-electron chi connectivity index (χ1n) is 5.21. The highest BCUT2D eigenvalue weighted by atomic mass is 35.5. The average molecular weight is 273 g/mol. The number of rotatable bonds is 2. The van der Waals surface area contributed by atoms with Crippen molar-refractivity contribution < 1.29 is 19.1 Å². The van der Waals surface area contributed by atoms with Crippen LogP contribution in [-0.4, -0.2) is 29.6 Å². The van der Waals surface area contributed by atoms with Crippen LogP contribution in [0.4, 0.5) is 10.1 Å². The Hall–Kier alpha value is -1.66. The van der Waals surface area contributed by atoms with Gasteiger partial charge in [0, 0.05) is 6.54 Å². The molecule has 0 bridgehead atoms. The predicted molar refractivity (Wildman–Crippen MR) is 62.5 cm³/mol. The van der Waals surface area contributed by atoms with Gasteiger partial charge in [-0.3, -0.25) is 9.59 Å². The first-order valence-corrected chi connectivity index (χ1v) is 5.59. The third kappa shape index (κ3) is 2.30. The molecule has 0 aromatic heterocycles. The standard InChI is InChI=1S/C11H10ClFN2O3/c12-5-2-1-3-6(9(5)13)15-11(18)8-7(16)4-14-10(8)17/h1-3,7-8,16H,4H2,(H,14,17)(H,15,18). The first kappa shape index (κ1) is 12.8. The van der Waals surface area contributed by atoms with E-state index < -0.39 is 29.7 Å². The molecule has 1 saturated heterocycles. The van der Waals surface area contributed by atoms with E-state index in [1.165, 1.54) is 18.2 Å². The molecule has 1 aromatic rings. The quantitative estimate of drug-likeness (QED) is 0.687. The topological polar surface area (TPSA) is 78.4 Å². The van der Waals surface area contributed by atoms with E-state index in [1.807, 2.05) is 0 Å². The molecular weight excluding hydrogens is 263 g/mol. The van der Waals surface area contributed by atoms with Crippen molar-refractivity contribution >= 4 is 29.1 Å². The summed E-state index contributed by atoms with van der Waals surface area (Å²) in [6, 6.07) is 4.12. The molecule has 2 atom stereocenters. The average Bonchev–Trinajstić information content (AvgIpc) is 2.65. The van der Waals surface area contributed by atoms with Crippen molar-refractivity contribution in [2.24, 2.45) is 5.92 Å². The minimum atomic E-state index is -1.23. The molecule has 1 aromatic carbocycles. The maximum absolute atomic E-state index is 13.5. The Bertz CT molecular complexity index is 509. The number of halogens is 2. The number of amides is 2. The summed E-state index contributed by atoms with van der Waals surface area (Å²) in [5.41, 5.74) is -0.126. The Morgan fingerprint density at radius 3 is 2.89 bits per heavy atom. The molecule has 2 unspecified atom stereocenters. The van der Waals surface area contributed by atoms with E-state index in [1.54, 1.807) is 0 Å². The van der Waals surface area contributed by atoms with Gasteiger partial charge in [-0.25, -0.2) is 4.39 Å². The number of aliphatic hydroxyl groups is 1. The maximum Gasteiger partial charge on any atom is 0.239 e. The normalized spacial score (nSPS) is 22.7. The molecule has 18 heavy (non-hydrogen) atoms. The van der Waals surface area contributed by atoms with Crippen LogP contribution in [0.5, 0.6) is 0 Å². The number of hydrogen-bond acceptors (Lipinski definition) is 3. The smallest absolute Gasteiger partial charge is 0.239 e. The lowest BCUT2D eigenvalue weighted by molar-refractivity contribution is -0.132. The molecule has 5 nitrogen and oxygen atoms in total. The second kappa shape index (κ2) is 4.91. The highest BCUT2D eigenvalue weighted by Crippen LogP contribution is 2.23. The zero-order valence-corrected chi connectivity index (χ0v) is 9.87. The third-order valence-corrected chi connectivity index (χ3v) is 2.94. The number of anilines is 1. The summed E-state index contributed by atoms with van der Waals surface area (Å²) in [6.07, 6.45) is -1.11. The zero-order valence-electron chi connectivity index (χ0n) is 9.11. The minimum Gasteiger partial charge on any atom is -0.390 e. The highest BCUT2D eigenvalue weighted by molar-refractivity contribution is 6.31. The van der Waals surface area contributed by atoms with Crippen LogP contribution in [0.3, 0.4) is 0 Å². The van der Waals surface area contributed by atoms with Crippen LogP contribution in [0.25, 0.3) is 0 Å². The number of β-amino-alcohol motifs (C(OH)–C–C–N with tert-alkyl or cyclic N) is 1. The molecule has 1 heterocycles. The Morgan fingerprint density at radius 2 is 2.28 bits per heavy atom. The number of aliphatic hydroxyl groups excluding tert-OH is 1. The molecule has 0 spiro atoms. The molecule has 1 aliphatic heterocycles. The van der Waals surface area contributed by atoms with Crippen LogP contribution < -0.4 is 10.6 Å². The lowest BCUT2D eigenvalue weighted by Crippen LogP contribution is -2.35. The number of nitrogens with one attached hydrogen (secondary N) is 2. The molecule has 1 fully saturated rings. The minimum absolute atomic E-state index is 0.00888. The molecule has 3 N–H and O–H groups in total. The van der Waals surface area contributed by atoms with Gasteiger partial charge in [0.05, 0.1) is 16.8 Å². The van der Waals surface area contributed by atoms with Crippen molar-refractivity contribution in [2.75, 3.05) is 11.9 Å². The second-order valence-electron chi connectivity index (χ2n) is 3.88. The van der Waals surface area contributed by atoms with Crippen LogP contribution in [0, 0.1) is 11.7 Å². The van der Waals surface area contributed by atoms with Gasteiger partial charge in [0.1, 0.15) is 5.92 Å². The number of hydrogen-bond donors (Lipinski definition) is 3. The van der Waals surface area contributed by atoms with Crippen LogP contribution >= 0.6 is 11.6 Å². The Balaban J connectivity index is 2.16. The largest absolute Gasteiger partial charge is 0.390 e. The van der Waals surface area contributed by atoms with Gasteiger partial charge in [-0.2, -0.15) is 0 Å². The van der Waals surface area contributed by atoms with Gasteiger partial charge in [0.2, 0.25) is 11.8 Å². The molecule has 1 aliphatic rings. The molecule has 0 aliphatic carbocycles. The summed E-state index contributed by atoms with van der Waals surface area (Å²) in [7, 11) is 0. The number of carbonyl (C=O) groups is 2. The van der Waals surface area contributed by atoms with Gasteiger partial charge in [-0.15, -0.1) is 0 Å². The van der Waals surface area contributed by atoms with Gasteiger partial charge in [-0.1, -0.05) is 17.7 Å². The lowest BCUT2D eigenvalue weighted by Gasteiger charge is -2.12. The van der Waals surface area contributed by atoms with Gasteiger partial charge in [-0.05, 0) is 12.1 Å². The van der Waals surface area contributed by atoms with Gasteiger partial charge in [0.15, 0.2) is 5.82 Å². The van der Waals surface area contributed by atoms with E-state index in [9.17, 15) is 19.1 Å². The van der Waals surface area contributed by atoms with Crippen molar-refractivity contribution in [3.63, 3.8) is 0 Å². The van der Waals surface area contributed by atoms with E-state index in [-0.39, 0.29) is 17.3 Å². The summed E-state index contributed by atoms with van der Waals surface area (Å²) in [4.78, 5) is 23.1. The summed E-state index contributed by atoms with van der Waals surface area (Å²) < 4.78 is 13.5. The van der Waals surface area contributed by atoms with Crippen LogP contribution in [0.1, 0.15) is 0 Å². The highest BCUT2D eigenvalue weighted by Gasteiger charge is 2.39. The van der Waals surface area contributed by atoms with Crippen molar-refractivity contribution in [1.82, 2.24) is 5.32 Å². The van der Waals surface area contributed by atoms with E-state index in [2.05, 4.69) is 10.6 Å². The fraction of sp³-hybridized carbons (Fsp3) is 0.273. The molecule has 0 saturated carbocycles. The summed E-state index contributed by atoms with van der Waals surface area (Å²) in [6.45, 7) is 0.00888. The Labute approximate surface area is 107 Å². The summed E-state index contributed by atoms with van der Waals surface area (Å²) in [5.74, 6) is -3.36. The predicted octanol–water partition coefficient (Wildman–Crippen LogP) is 0.524. The molecular formula is C11H10ClFN2O3. The van der Waals surface area contributed by atoms with Gasteiger partial charge in [0.25, 0.3) is 0 Å². The second-order valence-corrected chi connectivity index (χ2v) is 4.29. The zero-order chi connectivity index (χ0) is 13.3.